The van der Waals surface area contributed by atoms with Crippen molar-refractivity contribution in [2.75, 3.05) is 0 Å². The fourth-order valence-corrected chi connectivity index (χ4v) is 2.97. The lowest BCUT2D eigenvalue weighted by Gasteiger charge is -2.22. The Morgan fingerprint density at radius 2 is 2.12 bits per heavy atom. The minimum atomic E-state index is 0.594. The third kappa shape index (κ3) is 1.75. The van der Waals surface area contributed by atoms with Crippen molar-refractivity contribution >= 4 is 16.3 Å². The molecule has 6 heteroatoms. The van der Waals surface area contributed by atoms with Gasteiger partial charge in [0.2, 0.25) is 4.96 Å². The van der Waals surface area contributed by atoms with Gasteiger partial charge in [-0.25, -0.2) is 0 Å². The largest absolute Gasteiger partial charge is 0.308 e. The van der Waals surface area contributed by atoms with Crippen molar-refractivity contribution in [3.05, 3.63) is 10.8 Å². The fourth-order valence-electron chi connectivity index (χ4n) is 2.18. The minimum absolute atomic E-state index is 0.594. The Morgan fingerprint density at radius 3 is 2.82 bits per heavy atom. The third-order valence-electron chi connectivity index (χ3n) is 3.65. The highest BCUT2D eigenvalue weighted by Crippen LogP contribution is 2.35. The van der Waals surface area contributed by atoms with Gasteiger partial charge in [-0.1, -0.05) is 17.8 Å². The molecule has 0 atom stereocenters. The summed E-state index contributed by atoms with van der Waals surface area (Å²) in [5, 5.41) is 17.7. The molecule has 0 aromatic carbocycles. The van der Waals surface area contributed by atoms with Gasteiger partial charge in [-0.15, -0.1) is 10.2 Å². The number of nitrogens with one attached hydrogen (secondary N) is 1. The van der Waals surface area contributed by atoms with Crippen molar-refractivity contribution in [2.45, 2.75) is 50.6 Å². The number of aromatic nitrogens is 4. The van der Waals surface area contributed by atoms with Gasteiger partial charge in [-0.2, -0.15) is 9.61 Å². The first kappa shape index (κ1) is 9.96. The van der Waals surface area contributed by atoms with Crippen molar-refractivity contribution in [3.8, 4) is 0 Å². The highest BCUT2D eigenvalue weighted by Gasteiger charge is 2.26. The maximum atomic E-state index is 4.62. The quantitative estimate of drug-likeness (QED) is 0.896. The lowest BCUT2D eigenvalue weighted by atomic mass is 9.85. The Labute approximate surface area is 103 Å². The fraction of sp³-hybridized carbons (Fsp3) is 0.727. The van der Waals surface area contributed by atoms with Crippen LogP contribution in [-0.4, -0.2) is 25.9 Å². The normalized spacial score (nSPS) is 20.9. The van der Waals surface area contributed by atoms with E-state index in [1.165, 1.54) is 32.1 Å². The molecule has 2 aromatic rings. The molecule has 0 aliphatic heterocycles. The molecule has 0 unspecified atom stereocenters. The first-order chi connectivity index (χ1) is 8.40. The van der Waals surface area contributed by atoms with E-state index in [1.807, 2.05) is 4.52 Å². The third-order valence-corrected chi connectivity index (χ3v) is 4.55. The highest BCUT2D eigenvalue weighted by atomic mass is 32.1. The Morgan fingerprint density at radius 1 is 1.24 bits per heavy atom. The molecule has 4 rings (SSSR count). The summed E-state index contributed by atoms with van der Waals surface area (Å²) in [7, 11) is 0. The van der Waals surface area contributed by atoms with E-state index < -0.39 is 0 Å². The van der Waals surface area contributed by atoms with Crippen LogP contribution in [-0.2, 0) is 6.54 Å². The van der Waals surface area contributed by atoms with Crippen LogP contribution in [0.2, 0.25) is 0 Å². The number of hydrogen-bond acceptors (Lipinski definition) is 5. The van der Waals surface area contributed by atoms with Gasteiger partial charge in [-0.3, -0.25) is 0 Å². The van der Waals surface area contributed by atoms with Crippen molar-refractivity contribution in [1.29, 1.82) is 0 Å². The van der Waals surface area contributed by atoms with Crippen LogP contribution in [0.25, 0.3) is 4.96 Å². The van der Waals surface area contributed by atoms with Crippen LogP contribution in [0.1, 0.15) is 48.9 Å². The Balaban J connectivity index is 1.59. The molecule has 2 aromatic heterocycles. The summed E-state index contributed by atoms with van der Waals surface area (Å²) in [5.74, 6) is 1.66. The molecule has 2 saturated carbocycles. The number of fused-ring (bicyclic) bond motifs is 1. The maximum absolute atomic E-state index is 4.62. The van der Waals surface area contributed by atoms with Gasteiger partial charge in [-0.05, 0) is 25.7 Å². The lowest BCUT2D eigenvalue weighted by Crippen LogP contribution is -2.16. The van der Waals surface area contributed by atoms with Crippen LogP contribution in [0.5, 0.6) is 0 Å². The minimum Gasteiger partial charge on any atom is -0.308 e. The van der Waals surface area contributed by atoms with Crippen LogP contribution >= 0.6 is 11.3 Å². The predicted molar refractivity (Wildman–Crippen MR) is 65.1 cm³/mol. The average molecular weight is 249 g/mol. The molecule has 5 nitrogen and oxygen atoms in total. The van der Waals surface area contributed by atoms with Crippen molar-refractivity contribution in [1.82, 2.24) is 25.1 Å². The van der Waals surface area contributed by atoms with E-state index in [1.54, 1.807) is 11.3 Å². The topological polar surface area (TPSA) is 55.1 Å². The highest BCUT2D eigenvalue weighted by molar-refractivity contribution is 7.16. The maximum Gasteiger partial charge on any atom is 0.234 e. The molecular formula is C11H15N5S. The molecule has 2 aliphatic carbocycles. The average Bonchev–Trinajstić information content (AvgIpc) is 2.88. The SMILES string of the molecule is C1CC(c2nnc3sc(CNC4CC4)nn23)C1. The van der Waals surface area contributed by atoms with Crippen LogP contribution in [0.15, 0.2) is 0 Å². The summed E-state index contributed by atoms with van der Waals surface area (Å²) in [5.41, 5.74) is 0. The Hall–Kier alpha value is -1.01. The first-order valence-electron chi connectivity index (χ1n) is 6.34. The molecule has 2 aliphatic rings. The predicted octanol–water partition coefficient (Wildman–Crippen LogP) is 1.71. The van der Waals surface area contributed by atoms with Gasteiger partial charge in [0.25, 0.3) is 0 Å². The monoisotopic (exact) mass is 249 g/mol. The Bertz CT molecular complexity index is 537. The standard InChI is InChI=1S/C11H15N5S/c1-2-7(3-1)10-13-14-11-16(10)15-9(17-11)6-12-8-4-5-8/h7-8,12H,1-6H2. The zero-order valence-corrected chi connectivity index (χ0v) is 10.4. The molecule has 2 fully saturated rings. The summed E-state index contributed by atoms with van der Waals surface area (Å²) in [6.45, 7) is 0.878. The second-order valence-electron chi connectivity index (χ2n) is 5.03. The molecule has 0 bridgehead atoms. The molecule has 0 spiro atoms. The Kier molecular flexibility index (Phi) is 2.19. The molecule has 0 radical (unpaired) electrons. The summed E-state index contributed by atoms with van der Waals surface area (Å²) >= 11 is 1.66. The van der Waals surface area contributed by atoms with Crippen LogP contribution in [0.3, 0.4) is 0 Å². The molecule has 2 heterocycles. The van der Waals surface area contributed by atoms with Crippen LogP contribution in [0, 0.1) is 0 Å². The summed E-state index contributed by atoms with van der Waals surface area (Å²) < 4.78 is 1.96. The van der Waals surface area contributed by atoms with E-state index in [0.29, 0.717) is 5.92 Å². The van der Waals surface area contributed by atoms with Gasteiger partial charge in [0, 0.05) is 18.5 Å². The zero-order chi connectivity index (χ0) is 11.2. The molecule has 17 heavy (non-hydrogen) atoms. The van der Waals surface area contributed by atoms with Gasteiger partial charge in [0.05, 0.1) is 0 Å². The lowest BCUT2D eigenvalue weighted by molar-refractivity contribution is 0.394. The van der Waals surface area contributed by atoms with E-state index in [9.17, 15) is 0 Å². The van der Waals surface area contributed by atoms with E-state index in [-0.39, 0.29) is 0 Å². The van der Waals surface area contributed by atoms with Crippen LogP contribution in [0.4, 0.5) is 0 Å². The molecule has 90 valence electrons. The van der Waals surface area contributed by atoms with Gasteiger partial charge in [0.1, 0.15) is 5.01 Å². The summed E-state index contributed by atoms with van der Waals surface area (Å²) in [6.07, 6.45) is 6.44. The van der Waals surface area contributed by atoms with E-state index in [2.05, 4.69) is 20.6 Å². The number of hydrogen-bond donors (Lipinski definition) is 1. The number of nitrogens with zero attached hydrogens (tertiary/aromatic N) is 4. The number of rotatable bonds is 4. The van der Waals surface area contributed by atoms with E-state index >= 15 is 0 Å². The van der Waals surface area contributed by atoms with Gasteiger partial charge >= 0.3 is 0 Å². The van der Waals surface area contributed by atoms with Crippen LogP contribution < -0.4 is 5.32 Å². The first-order valence-corrected chi connectivity index (χ1v) is 7.16. The summed E-state index contributed by atoms with van der Waals surface area (Å²) in [4.78, 5) is 0.944. The molecule has 0 saturated heterocycles. The summed E-state index contributed by atoms with van der Waals surface area (Å²) in [6, 6.07) is 0.732. The second kappa shape index (κ2) is 3.74. The molecule has 0 amide bonds. The smallest absolute Gasteiger partial charge is 0.234 e. The second-order valence-corrected chi connectivity index (χ2v) is 6.07. The van der Waals surface area contributed by atoms with Gasteiger partial charge < -0.3 is 5.32 Å². The zero-order valence-electron chi connectivity index (χ0n) is 9.59. The van der Waals surface area contributed by atoms with E-state index in [4.69, 9.17) is 0 Å². The van der Waals surface area contributed by atoms with Crippen molar-refractivity contribution in [2.24, 2.45) is 0 Å². The van der Waals surface area contributed by atoms with Gasteiger partial charge in [0.15, 0.2) is 5.82 Å². The molecule has 1 N–H and O–H groups in total. The van der Waals surface area contributed by atoms with E-state index in [0.717, 1.165) is 28.4 Å². The van der Waals surface area contributed by atoms with Crippen molar-refractivity contribution < 1.29 is 0 Å². The molecular weight excluding hydrogens is 234 g/mol. The van der Waals surface area contributed by atoms with Crippen molar-refractivity contribution in [3.63, 3.8) is 0 Å².